The Morgan fingerprint density at radius 1 is 1.30 bits per heavy atom. The minimum absolute atomic E-state index is 0.00406. The normalized spacial score (nSPS) is 13.4. The molecule has 0 aliphatic heterocycles. The van der Waals surface area contributed by atoms with Crippen molar-refractivity contribution in [1.29, 1.82) is 0 Å². The van der Waals surface area contributed by atoms with Gasteiger partial charge < -0.3 is 5.11 Å². The lowest BCUT2D eigenvalue weighted by atomic mass is 10.1. The summed E-state index contributed by atoms with van der Waals surface area (Å²) in [6.07, 6.45) is 0.719. The first-order valence-corrected chi connectivity index (χ1v) is 7.98. The van der Waals surface area contributed by atoms with Crippen molar-refractivity contribution in [2.45, 2.75) is 45.1 Å². The molecule has 2 N–H and O–H groups in total. The van der Waals surface area contributed by atoms with E-state index in [0.717, 1.165) is 6.42 Å². The third kappa shape index (κ3) is 4.05. The Hall–Kier alpha value is -1.40. The lowest BCUT2D eigenvalue weighted by Crippen LogP contribution is -2.34. The molecule has 0 bridgehead atoms. The van der Waals surface area contributed by atoms with Crippen LogP contribution in [0.3, 0.4) is 0 Å². The first-order valence-electron chi connectivity index (χ1n) is 6.50. The van der Waals surface area contributed by atoms with Crippen molar-refractivity contribution < 1.29 is 18.3 Å². The molecule has 0 saturated carbocycles. The van der Waals surface area contributed by atoms with Gasteiger partial charge in [-0.1, -0.05) is 19.9 Å². The summed E-state index contributed by atoms with van der Waals surface area (Å²) in [6, 6.07) is 4.06. The Kier molecular flexibility index (Phi) is 5.30. The molecule has 0 aliphatic carbocycles. The molecular weight excluding hydrogens is 278 g/mol. The minimum atomic E-state index is -3.71. The summed E-state index contributed by atoms with van der Waals surface area (Å²) < 4.78 is 27.2. The number of carboxylic acids is 1. The molecule has 0 spiro atoms. The van der Waals surface area contributed by atoms with Gasteiger partial charge >= 0.3 is 5.97 Å². The van der Waals surface area contributed by atoms with Crippen LogP contribution in [0.2, 0.25) is 0 Å². The summed E-state index contributed by atoms with van der Waals surface area (Å²) in [5, 5.41) is 9.04. The molecule has 0 aliphatic rings. The van der Waals surface area contributed by atoms with Gasteiger partial charge in [-0.3, -0.25) is 0 Å². The highest BCUT2D eigenvalue weighted by molar-refractivity contribution is 7.89. The zero-order valence-corrected chi connectivity index (χ0v) is 13.0. The average Bonchev–Trinajstić information content (AvgIpc) is 2.26. The van der Waals surface area contributed by atoms with E-state index in [-0.39, 0.29) is 22.1 Å². The molecule has 0 fully saturated rings. The number of aromatic carboxylic acids is 1. The van der Waals surface area contributed by atoms with Crippen molar-refractivity contribution in [3.05, 3.63) is 29.3 Å². The number of hydrogen-bond acceptors (Lipinski definition) is 3. The van der Waals surface area contributed by atoms with Crippen LogP contribution in [0.15, 0.2) is 23.1 Å². The van der Waals surface area contributed by atoms with Gasteiger partial charge in [0.2, 0.25) is 10.0 Å². The molecule has 1 unspecified atom stereocenters. The quantitative estimate of drug-likeness (QED) is 0.845. The largest absolute Gasteiger partial charge is 0.478 e. The number of hydrogen-bond donors (Lipinski definition) is 2. The number of sulfonamides is 1. The maximum Gasteiger partial charge on any atom is 0.335 e. The molecule has 0 heterocycles. The highest BCUT2D eigenvalue weighted by atomic mass is 32.2. The van der Waals surface area contributed by atoms with E-state index in [1.165, 1.54) is 25.1 Å². The molecule has 0 aromatic heterocycles. The molecule has 5 nitrogen and oxygen atoms in total. The van der Waals surface area contributed by atoms with Crippen LogP contribution in [-0.2, 0) is 10.0 Å². The van der Waals surface area contributed by atoms with Crippen LogP contribution < -0.4 is 4.72 Å². The van der Waals surface area contributed by atoms with Crippen LogP contribution >= 0.6 is 0 Å². The van der Waals surface area contributed by atoms with E-state index in [1.54, 1.807) is 6.92 Å². The van der Waals surface area contributed by atoms with Gasteiger partial charge in [0.15, 0.2) is 0 Å². The predicted octanol–water partition coefficient (Wildman–Crippen LogP) is 2.41. The Morgan fingerprint density at radius 2 is 1.90 bits per heavy atom. The molecule has 0 amide bonds. The van der Waals surface area contributed by atoms with Gasteiger partial charge in [0.25, 0.3) is 0 Å². The fraction of sp³-hybridized carbons (Fsp3) is 0.500. The molecule has 1 atom stereocenters. The van der Waals surface area contributed by atoms with E-state index in [4.69, 9.17) is 5.11 Å². The van der Waals surface area contributed by atoms with Crippen LogP contribution in [-0.4, -0.2) is 25.5 Å². The zero-order valence-electron chi connectivity index (χ0n) is 12.2. The monoisotopic (exact) mass is 299 g/mol. The SMILES string of the molecule is Cc1c(C(=O)O)cccc1S(=O)(=O)NC(C)CC(C)C. The number of carbonyl (C=O) groups is 1. The molecule has 1 aromatic carbocycles. The third-order valence-corrected chi connectivity index (χ3v) is 4.72. The van der Waals surface area contributed by atoms with Gasteiger partial charge in [-0.2, -0.15) is 0 Å². The number of nitrogens with one attached hydrogen (secondary N) is 1. The molecule has 0 saturated heterocycles. The van der Waals surface area contributed by atoms with Crippen LogP contribution in [0, 0.1) is 12.8 Å². The number of benzene rings is 1. The summed E-state index contributed by atoms with van der Waals surface area (Å²) in [5.41, 5.74) is 0.258. The lowest BCUT2D eigenvalue weighted by Gasteiger charge is -2.17. The standard InChI is InChI=1S/C14H21NO4S/c1-9(2)8-10(3)15-20(18,19)13-7-5-6-12(11(13)4)14(16)17/h5-7,9-10,15H,8H2,1-4H3,(H,16,17). The van der Waals surface area contributed by atoms with Gasteiger partial charge in [0.05, 0.1) is 10.5 Å². The van der Waals surface area contributed by atoms with Crippen molar-refractivity contribution in [1.82, 2.24) is 4.72 Å². The minimum Gasteiger partial charge on any atom is -0.478 e. The fourth-order valence-corrected chi connectivity index (χ4v) is 3.74. The number of rotatable bonds is 6. The Morgan fingerprint density at radius 3 is 2.40 bits per heavy atom. The first-order chi connectivity index (χ1) is 9.15. The summed E-state index contributed by atoms with van der Waals surface area (Å²) in [5.74, 6) is -0.756. The van der Waals surface area contributed by atoms with E-state index in [1.807, 2.05) is 13.8 Å². The van der Waals surface area contributed by atoms with Gasteiger partial charge in [0, 0.05) is 6.04 Å². The van der Waals surface area contributed by atoms with Crippen molar-refractivity contribution >= 4 is 16.0 Å². The second-order valence-electron chi connectivity index (χ2n) is 5.39. The highest BCUT2D eigenvalue weighted by Gasteiger charge is 2.22. The maximum atomic E-state index is 12.3. The second kappa shape index (κ2) is 6.37. The van der Waals surface area contributed by atoms with Crippen LogP contribution in [0.1, 0.15) is 43.1 Å². The van der Waals surface area contributed by atoms with E-state index in [9.17, 15) is 13.2 Å². The van der Waals surface area contributed by atoms with E-state index >= 15 is 0 Å². The van der Waals surface area contributed by atoms with E-state index in [0.29, 0.717) is 5.92 Å². The Balaban J connectivity index is 3.10. The highest BCUT2D eigenvalue weighted by Crippen LogP contribution is 2.20. The molecule has 1 rings (SSSR count). The van der Waals surface area contributed by atoms with Crippen LogP contribution in [0.4, 0.5) is 0 Å². The second-order valence-corrected chi connectivity index (χ2v) is 7.07. The molecule has 6 heteroatoms. The summed E-state index contributed by atoms with van der Waals surface area (Å²) in [4.78, 5) is 11.1. The third-order valence-electron chi connectivity index (χ3n) is 2.99. The van der Waals surface area contributed by atoms with Crippen molar-refractivity contribution in [3.8, 4) is 0 Å². The molecule has 0 radical (unpaired) electrons. The molecular formula is C14H21NO4S. The topological polar surface area (TPSA) is 83.5 Å². The Labute approximate surface area is 120 Å². The van der Waals surface area contributed by atoms with Crippen molar-refractivity contribution in [3.63, 3.8) is 0 Å². The summed E-state index contributed by atoms with van der Waals surface area (Å²) in [6.45, 7) is 7.33. The fourth-order valence-electron chi connectivity index (χ4n) is 2.22. The van der Waals surface area contributed by atoms with Crippen molar-refractivity contribution in [2.75, 3.05) is 0 Å². The molecule has 112 valence electrons. The maximum absolute atomic E-state index is 12.3. The van der Waals surface area contributed by atoms with Gasteiger partial charge in [-0.25, -0.2) is 17.9 Å². The molecule has 20 heavy (non-hydrogen) atoms. The van der Waals surface area contributed by atoms with E-state index < -0.39 is 16.0 Å². The first kappa shape index (κ1) is 16.7. The predicted molar refractivity (Wildman–Crippen MR) is 77.4 cm³/mol. The Bertz CT molecular complexity index is 593. The van der Waals surface area contributed by atoms with Crippen molar-refractivity contribution in [2.24, 2.45) is 5.92 Å². The van der Waals surface area contributed by atoms with Gasteiger partial charge in [-0.05, 0) is 43.9 Å². The van der Waals surface area contributed by atoms with Gasteiger partial charge in [-0.15, -0.1) is 0 Å². The molecule has 1 aromatic rings. The summed E-state index contributed by atoms with van der Waals surface area (Å²) >= 11 is 0. The van der Waals surface area contributed by atoms with E-state index in [2.05, 4.69) is 4.72 Å². The van der Waals surface area contributed by atoms with Crippen LogP contribution in [0.5, 0.6) is 0 Å². The lowest BCUT2D eigenvalue weighted by molar-refractivity contribution is 0.0696. The number of carboxylic acid groups (broad SMARTS) is 1. The van der Waals surface area contributed by atoms with Gasteiger partial charge in [0.1, 0.15) is 0 Å². The van der Waals surface area contributed by atoms with Crippen LogP contribution in [0.25, 0.3) is 0 Å². The average molecular weight is 299 g/mol. The smallest absolute Gasteiger partial charge is 0.335 e. The zero-order chi connectivity index (χ0) is 15.5. The summed E-state index contributed by atoms with van der Waals surface area (Å²) in [7, 11) is -3.71.